The molecule has 0 unspecified atom stereocenters. The van der Waals surface area contributed by atoms with E-state index < -0.39 is 11.9 Å². The molecule has 30 heavy (non-hydrogen) atoms. The van der Waals surface area contributed by atoms with Crippen LogP contribution in [0.4, 0.5) is 0 Å². The lowest BCUT2D eigenvalue weighted by Gasteiger charge is -2.19. The molecule has 0 aromatic heterocycles. The minimum Gasteiger partial charge on any atom is -0.478 e. The Morgan fingerprint density at radius 2 is 1.57 bits per heavy atom. The summed E-state index contributed by atoms with van der Waals surface area (Å²) in [6, 6.07) is 22.1. The van der Waals surface area contributed by atoms with Gasteiger partial charge in [-0.3, -0.25) is 4.79 Å². The van der Waals surface area contributed by atoms with Crippen LogP contribution in [0, 0.1) is 0 Å². The predicted octanol–water partition coefficient (Wildman–Crippen LogP) is 4.07. The van der Waals surface area contributed by atoms with Gasteiger partial charge in [0, 0.05) is 12.5 Å². The third kappa shape index (κ3) is 4.12. The molecule has 3 aromatic carbocycles. The SMILES string of the molecule is O=C(O)c1ccccc1C(=O)NCC[C@@H](c1ccccc1)c1ccc2c(c1)OCO2. The maximum atomic E-state index is 12.6. The first kappa shape index (κ1) is 19.5. The smallest absolute Gasteiger partial charge is 0.336 e. The van der Waals surface area contributed by atoms with Crippen molar-refractivity contribution in [3.63, 3.8) is 0 Å². The van der Waals surface area contributed by atoms with E-state index in [9.17, 15) is 14.7 Å². The minimum atomic E-state index is -1.12. The number of ether oxygens (including phenoxy) is 2. The summed E-state index contributed by atoms with van der Waals surface area (Å²) in [5.41, 5.74) is 2.33. The number of carbonyl (C=O) groups excluding carboxylic acids is 1. The molecule has 1 atom stereocenters. The summed E-state index contributed by atoms with van der Waals surface area (Å²) < 4.78 is 10.9. The fourth-order valence-electron chi connectivity index (χ4n) is 3.63. The van der Waals surface area contributed by atoms with Gasteiger partial charge in [0.2, 0.25) is 6.79 Å². The Bertz CT molecular complexity index is 1060. The van der Waals surface area contributed by atoms with E-state index in [0.717, 1.165) is 16.9 Å². The zero-order valence-corrected chi connectivity index (χ0v) is 16.2. The molecule has 1 aliphatic heterocycles. The number of fused-ring (bicyclic) bond motifs is 1. The predicted molar refractivity (Wildman–Crippen MR) is 111 cm³/mol. The molecule has 0 saturated carbocycles. The molecule has 2 N–H and O–H groups in total. The monoisotopic (exact) mass is 403 g/mol. The van der Waals surface area contributed by atoms with Gasteiger partial charge in [-0.2, -0.15) is 0 Å². The van der Waals surface area contributed by atoms with Gasteiger partial charge in [0.05, 0.1) is 11.1 Å². The summed E-state index contributed by atoms with van der Waals surface area (Å²) in [5.74, 6) is -0.0403. The fraction of sp³-hybridized carbons (Fsp3) is 0.167. The molecule has 1 heterocycles. The van der Waals surface area contributed by atoms with Gasteiger partial charge in [-0.05, 0) is 41.8 Å². The molecule has 0 spiro atoms. The lowest BCUT2D eigenvalue weighted by molar-refractivity contribution is 0.0691. The second kappa shape index (κ2) is 8.69. The number of carbonyl (C=O) groups is 2. The average Bonchev–Trinajstić information content (AvgIpc) is 3.25. The van der Waals surface area contributed by atoms with Crippen LogP contribution >= 0.6 is 0 Å². The van der Waals surface area contributed by atoms with E-state index in [1.165, 1.54) is 12.1 Å². The second-order valence-electron chi connectivity index (χ2n) is 6.97. The van der Waals surface area contributed by atoms with Crippen molar-refractivity contribution < 1.29 is 24.2 Å². The number of benzene rings is 3. The number of aromatic carboxylic acids is 1. The highest BCUT2D eigenvalue weighted by Gasteiger charge is 2.20. The van der Waals surface area contributed by atoms with E-state index in [2.05, 4.69) is 17.4 Å². The molecule has 1 aliphatic rings. The first-order valence-corrected chi connectivity index (χ1v) is 9.68. The number of rotatable bonds is 7. The quantitative estimate of drug-likeness (QED) is 0.621. The van der Waals surface area contributed by atoms with Crippen LogP contribution < -0.4 is 14.8 Å². The average molecular weight is 403 g/mol. The maximum absolute atomic E-state index is 12.6. The highest BCUT2D eigenvalue weighted by molar-refractivity contribution is 6.04. The zero-order chi connectivity index (χ0) is 20.9. The second-order valence-corrected chi connectivity index (χ2v) is 6.97. The molecule has 4 rings (SSSR count). The van der Waals surface area contributed by atoms with Crippen molar-refractivity contribution in [2.45, 2.75) is 12.3 Å². The number of amides is 1. The Kier molecular flexibility index (Phi) is 5.66. The number of carboxylic acid groups (broad SMARTS) is 1. The van der Waals surface area contributed by atoms with Gasteiger partial charge in [0.25, 0.3) is 5.91 Å². The Labute approximate surface area is 174 Å². The van der Waals surface area contributed by atoms with Crippen LogP contribution in [-0.2, 0) is 0 Å². The Morgan fingerprint density at radius 3 is 2.33 bits per heavy atom. The number of nitrogens with one attached hydrogen (secondary N) is 1. The lowest BCUT2D eigenvalue weighted by Crippen LogP contribution is -2.27. The standard InChI is InChI=1S/C24H21NO5/c26-23(19-8-4-5-9-20(19)24(27)28)25-13-12-18(16-6-2-1-3-7-16)17-10-11-21-22(14-17)30-15-29-21/h1-11,14,18H,12-13,15H2,(H,25,26)(H,27,28)/t18-/m0/s1. The summed E-state index contributed by atoms with van der Waals surface area (Å²) in [5, 5.41) is 12.2. The van der Waals surface area contributed by atoms with E-state index in [0.29, 0.717) is 18.7 Å². The van der Waals surface area contributed by atoms with E-state index in [1.54, 1.807) is 12.1 Å². The van der Waals surface area contributed by atoms with E-state index in [-0.39, 0.29) is 23.8 Å². The number of hydrogen-bond donors (Lipinski definition) is 2. The molecule has 0 bridgehead atoms. The molecule has 0 fully saturated rings. The molecule has 152 valence electrons. The molecule has 3 aromatic rings. The van der Waals surface area contributed by atoms with Crippen molar-refractivity contribution in [1.82, 2.24) is 5.32 Å². The topological polar surface area (TPSA) is 84.9 Å². The van der Waals surface area contributed by atoms with Crippen LogP contribution in [0.25, 0.3) is 0 Å². The van der Waals surface area contributed by atoms with Gasteiger partial charge >= 0.3 is 5.97 Å². The molecular weight excluding hydrogens is 382 g/mol. The molecule has 0 aliphatic carbocycles. The normalized spacial score (nSPS) is 12.9. The third-order valence-corrected chi connectivity index (χ3v) is 5.12. The third-order valence-electron chi connectivity index (χ3n) is 5.12. The summed E-state index contributed by atoms with van der Waals surface area (Å²) in [7, 11) is 0. The van der Waals surface area contributed by atoms with Crippen molar-refractivity contribution in [1.29, 1.82) is 0 Å². The van der Waals surface area contributed by atoms with Gasteiger partial charge in [-0.25, -0.2) is 4.79 Å². The Hall–Kier alpha value is -3.80. The Balaban J connectivity index is 1.51. The molecule has 1 amide bonds. The van der Waals surface area contributed by atoms with Crippen molar-refractivity contribution >= 4 is 11.9 Å². The van der Waals surface area contributed by atoms with Crippen molar-refractivity contribution in [2.75, 3.05) is 13.3 Å². The van der Waals surface area contributed by atoms with Crippen LogP contribution in [0.2, 0.25) is 0 Å². The lowest BCUT2D eigenvalue weighted by atomic mass is 9.88. The molecular formula is C24H21NO5. The van der Waals surface area contributed by atoms with E-state index in [4.69, 9.17) is 9.47 Å². The largest absolute Gasteiger partial charge is 0.478 e. The van der Waals surface area contributed by atoms with Gasteiger partial charge < -0.3 is 19.9 Å². The van der Waals surface area contributed by atoms with Gasteiger partial charge in [-0.1, -0.05) is 48.5 Å². The first-order valence-electron chi connectivity index (χ1n) is 9.68. The van der Waals surface area contributed by atoms with Crippen molar-refractivity contribution in [3.05, 3.63) is 95.1 Å². The Morgan fingerprint density at radius 1 is 0.867 bits per heavy atom. The van der Waals surface area contributed by atoms with Gasteiger partial charge in [0.1, 0.15) is 0 Å². The molecule has 6 nitrogen and oxygen atoms in total. The zero-order valence-electron chi connectivity index (χ0n) is 16.2. The summed E-state index contributed by atoms with van der Waals surface area (Å²) in [6.07, 6.45) is 0.643. The fourth-order valence-corrected chi connectivity index (χ4v) is 3.63. The van der Waals surface area contributed by atoms with E-state index >= 15 is 0 Å². The van der Waals surface area contributed by atoms with Gasteiger partial charge in [0.15, 0.2) is 11.5 Å². The van der Waals surface area contributed by atoms with Crippen molar-refractivity contribution in [2.24, 2.45) is 0 Å². The molecule has 0 saturated heterocycles. The van der Waals surface area contributed by atoms with Crippen LogP contribution in [-0.4, -0.2) is 30.3 Å². The van der Waals surface area contributed by atoms with Crippen LogP contribution in [0.15, 0.2) is 72.8 Å². The minimum absolute atomic E-state index is 0.00891. The first-order chi connectivity index (χ1) is 14.6. The van der Waals surface area contributed by atoms with Gasteiger partial charge in [-0.15, -0.1) is 0 Å². The molecule has 6 heteroatoms. The van der Waals surface area contributed by atoms with Crippen molar-refractivity contribution in [3.8, 4) is 11.5 Å². The van der Waals surface area contributed by atoms with Crippen LogP contribution in [0.3, 0.4) is 0 Å². The van der Waals surface area contributed by atoms with Crippen LogP contribution in [0.5, 0.6) is 11.5 Å². The summed E-state index contributed by atoms with van der Waals surface area (Å²) in [6.45, 7) is 0.606. The van der Waals surface area contributed by atoms with E-state index in [1.807, 2.05) is 36.4 Å². The molecule has 0 radical (unpaired) electrons. The van der Waals surface area contributed by atoms with Crippen LogP contribution in [0.1, 0.15) is 44.2 Å². The maximum Gasteiger partial charge on any atom is 0.336 e. The number of hydrogen-bond acceptors (Lipinski definition) is 4. The highest BCUT2D eigenvalue weighted by atomic mass is 16.7. The number of carboxylic acids is 1. The summed E-state index contributed by atoms with van der Waals surface area (Å²) in [4.78, 5) is 23.9. The highest BCUT2D eigenvalue weighted by Crippen LogP contribution is 2.37. The summed E-state index contributed by atoms with van der Waals surface area (Å²) >= 11 is 0.